The maximum Gasteiger partial charge on any atom is 0.276 e. The maximum absolute atomic E-state index is 12.6. The summed E-state index contributed by atoms with van der Waals surface area (Å²) in [5.41, 5.74) is 0.953. The lowest BCUT2D eigenvalue weighted by atomic mass is 9.91. The quantitative estimate of drug-likeness (QED) is 0.781. The third-order valence-electron chi connectivity index (χ3n) is 5.82. The van der Waals surface area contributed by atoms with E-state index in [1.165, 1.54) is 0 Å². The van der Waals surface area contributed by atoms with Crippen LogP contribution in [0.25, 0.3) is 0 Å². The number of rotatable bonds is 6. The number of hydrogen-bond donors (Lipinski definition) is 1. The summed E-state index contributed by atoms with van der Waals surface area (Å²) in [6.07, 6.45) is 5.18. The van der Waals surface area contributed by atoms with Crippen LogP contribution in [-0.2, 0) is 0 Å². The minimum atomic E-state index is -0.107. The number of carbonyl (C=O) groups excluding carboxylic acids is 2. The fraction of sp³-hybridized carbons (Fsp3) is 0.524. The Bertz CT molecular complexity index is 916. The third kappa shape index (κ3) is 4.10. The summed E-state index contributed by atoms with van der Waals surface area (Å²) in [7, 11) is 0. The first-order valence-corrected chi connectivity index (χ1v) is 10.5. The van der Waals surface area contributed by atoms with E-state index in [4.69, 9.17) is 9.47 Å². The molecule has 1 fully saturated rings. The largest absolute Gasteiger partial charge is 0.454 e. The maximum atomic E-state index is 12.6. The summed E-state index contributed by atoms with van der Waals surface area (Å²) in [4.78, 5) is 26.7. The van der Waals surface area contributed by atoms with Gasteiger partial charge in [-0.15, -0.1) is 5.10 Å². The van der Waals surface area contributed by atoms with E-state index < -0.39 is 0 Å². The average Bonchev–Trinajstić information content (AvgIpc) is 3.44. The van der Waals surface area contributed by atoms with Crippen LogP contribution in [0.5, 0.6) is 11.5 Å². The van der Waals surface area contributed by atoms with Gasteiger partial charge < -0.3 is 19.7 Å². The molecule has 160 valence electrons. The van der Waals surface area contributed by atoms with Crippen LogP contribution in [0, 0.1) is 0 Å². The number of amides is 2. The van der Waals surface area contributed by atoms with Crippen LogP contribution in [-0.4, -0.2) is 57.6 Å². The van der Waals surface area contributed by atoms with Crippen molar-refractivity contribution in [3.63, 3.8) is 0 Å². The fourth-order valence-corrected chi connectivity index (χ4v) is 4.02. The molecule has 2 aliphatic rings. The second-order valence-corrected chi connectivity index (χ2v) is 7.61. The Morgan fingerprint density at radius 3 is 2.60 bits per heavy atom. The van der Waals surface area contributed by atoms with Crippen LogP contribution < -0.4 is 14.8 Å². The molecule has 1 aromatic heterocycles. The Labute approximate surface area is 175 Å². The van der Waals surface area contributed by atoms with Crippen molar-refractivity contribution in [2.24, 2.45) is 0 Å². The number of nitrogens with zero attached hydrogens (tertiary/aromatic N) is 4. The molecule has 30 heavy (non-hydrogen) atoms. The molecule has 2 heterocycles. The van der Waals surface area contributed by atoms with Gasteiger partial charge in [0, 0.05) is 24.7 Å². The summed E-state index contributed by atoms with van der Waals surface area (Å²) < 4.78 is 12.4. The molecule has 9 heteroatoms. The van der Waals surface area contributed by atoms with Gasteiger partial charge in [-0.25, -0.2) is 4.68 Å². The van der Waals surface area contributed by atoms with Crippen LogP contribution in [0.3, 0.4) is 0 Å². The second kappa shape index (κ2) is 8.73. The molecule has 4 rings (SSSR count). The Morgan fingerprint density at radius 2 is 1.87 bits per heavy atom. The van der Waals surface area contributed by atoms with E-state index in [0.29, 0.717) is 35.8 Å². The van der Waals surface area contributed by atoms with Crippen LogP contribution >= 0.6 is 0 Å². The molecule has 2 amide bonds. The summed E-state index contributed by atoms with van der Waals surface area (Å²) >= 11 is 0. The van der Waals surface area contributed by atoms with Crippen LogP contribution in [0.2, 0.25) is 0 Å². The van der Waals surface area contributed by atoms with Crippen LogP contribution in [0.1, 0.15) is 66.4 Å². The standard InChI is InChI=1S/C21H27N5O4/c1-3-25(4-2)21(28)17-12-26(24-23-17)16-8-6-15(7-9-16)22-20(27)14-5-10-18-19(11-14)30-13-29-18/h5,10-12,15-16H,3-4,6-9,13H2,1-2H3,(H,22,27). The van der Waals surface area contributed by atoms with Gasteiger partial charge in [-0.3, -0.25) is 9.59 Å². The molecule has 1 aliphatic carbocycles. The topological polar surface area (TPSA) is 98.6 Å². The van der Waals surface area contributed by atoms with E-state index in [1.54, 1.807) is 34.0 Å². The lowest BCUT2D eigenvalue weighted by Gasteiger charge is -2.29. The SMILES string of the molecule is CCN(CC)C(=O)c1cn(C2CCC(NC(=O)c3ccc4c(c3)OCO4)CC2)nn1. The van der Waals surface area contributed by atoms with E-state index in [-0.39, 0.29) is 30.7 Å². The predicted octanol–water partition coefficient (Wildman–Crippen LogP) is 2.40. The average molecular weight is 413 g/mol. The molecule has 1 saturated carbocycles. The Hall–Kier alpha value is -3.10. The molecule has 0 spiro atoms. The molecular weight excluding hydrogens is 386 g/mol. The zero-order valence-corrected chi connectivity index (χ0v) is 17.3. The minimum absolute atomic E-state index is 0.0871. The van der Waals surface area contributed by atoms with Gasteiger partial charge in [0.05, 0.1) is 12.2 Å². The van der Waals surface area contributed by atoms with Gasteiger partial charge in [0.1, 0.15) is 0 Å². The highest BCUT2D eigenvalue weighted by molar-refractivity contribution is 5.95. The number of benzene rings is 1. The molecule has 9 nitrogen and oxygen atoms in total. The van der Waals surface area contributed by atoms with Gasteiger partial charge >= 0.3 is 0 Å². The summed E-state index contributed by atoms with van der Waals surface area (Å²) in [6, 6.07) is 5.52. The molecule has 0 saturated heterocycles. The van der Waals surface area contributed by atoms with Gasteiger partial charge in [-0.05, 0) is 57.7 Å². The molecular formula is C21H27N5O4. The first kappa shape index (κ1) is 20.2. The van der Waals surface area contributed by atoms with Crippen molar-refractivity contribution in [1.82, 2.24) is 25.2 Å². The lowest BCUT2D eigenvalue weighted by Crippen LogP contribution is -2.38. The van der Waals surface area contributed by atoms with E-state index >= 15 is 0 Å². The molecule has 0 bridgehead atoms. The molecule has 0 unspecified atom stereocenters. The summed E-state index contributed by atoms with van der Waals surface area (Å²) in [5, 5.41) is 11.4. The van der Waals surface area contributed by atoms with Gasteiger partial charge in [0.15, 0.2) is 17.2 Å². The number of fused-ring (bicyclic) bond motifs is 1. The zero-order chi connectivity index (χ0) is 21.1. The van der Waals surface area contributed by atoms with E-state index in [2.05, 4.69) is 15.6 Å². The predicted molar refractivity (Wildman–Crippen MR) is 109 cm³/mol. The minimum Gasteiger partial charge on any atom is -0.454 e. The summed E-state index contributed by atoms with van der Waals surface area (Å²) in [6.45, 7) is 5.39. The highest BCUT2D eigenvalue weighted by atomic mass is 16.7. The van der Waals surface area contributed by atoms with Crippen molar-refractivity contribution < 1.29 is 19.1 Å². The Balaban J connectivity index is 1.31. The van der Waals surface area contributed by atoms with Gasteiger partial charge in [-0.2, -0.15) is 0 Å². The van der Waals surface area contributed by atoms with E-state index in [9.17, 15) is 9.59 Å². The van der Waals surface area contributed by atoms with Gasteiger partial charge in [-0.1, -0.05) is 5.21 Å². The number of nitrogens with one attached hydrogen (secondary N) is 1. The molecule has 1 aliphatic heterocycles. The molecule has 2 aromatic rings. The smallest absolute Gasteiger partial charge is 0.276 e. The number of carbonyl (C=O) groups is 2. The monoisotopic (exact) mass is 413 g/mol. The fourth-order valence-electron chi connectivity index (χ4n) is 4.02. The highest BCUT2D eigenvalue weighted by Gasteiger charge is 2.26. The van der Waals surface area contributed by atoms with Crippen molar-refractivity contribution >= 4 is 11.8 Å². The third-order valence-corrected chi connectivity index (χ3v) is 5.82. The molecule has 1 aromatic carbocycles. The zero-order valence-electron chi connectivity index (χ0n) is 17.3. The lowest BCUT2D eigenvalue weighted by molar-refractivity contribution is 0.0766. The number of hydrogen-bond acceptors (Lipinski definition) is 6. The Kier molecular flexibility index (Phi) is 5.87. The first-order chi connectivity index (χ1) is 14.6. The molecule has 0 radical (unpaired) electrons. The van der Waals surface area contributed by atoms with Crippen LogP contribution in [0.4, 0.5) is 0 Å². The van der Waals surface area contributed by atoms with Crippen LogP contribution in [0.15, 0.2) is 24.4 Å². The van der Waals surface area contributed by atoms with Crippen molar-refractivity contribution in [2.75, 3.05) is 19.9 Å². The number of ether oxygens (including phenoxy) is 2. The number of aromatic nitrogens is 3. The normalized spacial score (nSPS) is 20.1. The Morgan fingerprint density at radius 1 is 1.13 bits per heavy atom. The van der Waals surface area contributed by atoms with E-state index in [1.807, 2.05) is 13.8 Å². The highest BCUT2D eigenvalue weighted by Crippen LogP contribution is 2.33. The van der Waals surface area contributed by atoms with Crippen molar-refractivity contribution in [2.45, 2.75) is 51.6 Å². The van der Waals surface area contributed by atoms with Gasteiger partial charge in [0.25, 0.3) is 11.8 Å². The van der Waals surface area contributed by atoms with E-state index in [0.717, 1.165) is 25.7 Å². The first-order valence-electron chi connectivity index (χ1n) is 10.5. The van der Waals surface area contributed by atoms with Crippen molar-refractivity contribution in [3.8, 4) is 11.5 Å². The van der Waals surface area contributed by atoms with Gasteiger partial charge in [0.2, 0.25) is 6.79 Å². The molecule has 1 N–H and O–H groups in total. The second-order valence-electron chi connectivity index (χ2n) is 7.61. The van der Waals surface area contributed by atoms with Crippen molar-refractivity contribution in [3.05, 3.63) is 35.7 Å². The molecule has 0 atom stereocenters. The van der Waals surface area contributed by atoms with Crippen molar-refractivity contribution in [1.29, 1.82) is 0 Å². The summed E-state index contributed by atoms with van der Waals surface area (Å²) in [5.74, 6) is 1.08.